The number of alkyl carbamates (subject to hydrolysis) is 1. The van der Waals surface area contributed by atoms with Crippen LogP contribution in [0.1, 0.15) is 156 Å². The van der Waals surface area contributed by atoms with Gasteiger partial charge < -0.3 is 19.4 Å². The molecule has 0 spiro atoms. The number of rotatable bonds is 20. The van der Waals surface area contributed by atoms with E-state index in [-0.39, 0.29) is 18.5 Å². The van der Waals surface area contributed by atoms with Crippen molar-refractivity contribution in [3.05, 3.63) is 11.8 Å². The third kappa shape index (κ3) is 10.5. The molecule has 1 aromatic heterocycles. The fraction of sp³-hybridized carbons (Fsp3) is 0.882. The molecule has 2 saturated heterocycles. The lowest BCUT2D eigenvalue weighted by Gasteiger charge is -2.43. The van der Waals surface area contributed by atoms with E-state index in [1.54, 1.807) is 9.96 Å². The Morgan fingerprint density at radius 3 is 2.27 bits per heavy atom. The lowest BCUT2D eigenvalue weighted by Crippen LogP contribution is -2.51. The van der Waals surface area contributed by atoms with Gasteiger partial charge in [0.25, 0.3) is 0 Å². The van der Waals surface area contributed by atoms with Gasteiger partial charge in [0.05, 0.1) is 6.04 Å². The quantitative estimate of drug-likeness (QED) is 0.139. The maximum Gasteiger partial charge on any atom is 0.437 e. The smallest absolute Gasteiger partial charge is 0.437 e. The van der Waals surface area contributed by atoms with Crippen molar-refractivity contribution in [2.75, 3.05) is 13.1 Å². The molecule has 1 aromatic rings. The summed E-state index contributed by atoms with van der Waals surface area (Å²) in [5.41, 5.74) is -0.983. The molecule has 3 amide bonds. The molecule has 0 unspecified atom stereocenters. The number of urea groups is 1. The Morgan fingerprint density at radius 2 is 1.65 bits per heavy atom. The van der Waals surface area contributed by atoms with Gasteiger partial charge in [-0.3, -0.25) is 0 Å². The van der Waals surface area contributed by atoms with Crippen LogP contribution in [0.25, 0.3) is 0 Å². The lowest BCUT2D eigenvalue weighted by atomic mass is 9.78. The summed E-state index contributed by atoms with van der Waals surface area (Å²) in [4.78, 5) is 27.2. The van der Waals surface area contributed by atoms with Crippen LogP contribution in [0, 0.1) is 5.92 Å². The molecule has 0 radical (unpaired) electrons. The average molecular weight is 713 g/mol. The van der Waals surface area contributed by atoms with E-state index in [0.717, 1.165) is 82.1 Å². The maximum absolute atomic E-state index is 13.6. The van der Waals surface area contributed by atoms with E-state index >= 15 is 0 Å². The second-order valence-corrected chi connectivity index (χ2v) is 16.2. The molecule has 2 bridgehead atoms. The van der Waals surface area contributed by atoms with E-state index < -0.39 is 45.7 Å². The highest BCUT2D eigenvalue weighted by Crippen LogP contribution is 2.40. The zero-order valence-electron chi connectivity index (χ0n) is 30.7. The highest BCUT2D eigenvalue weighted by atomic mass is 32.3. The molecule has 1 aliphatic carbocycles. The van der Waals surface area contributed by atoms with Crippen molar-refractivity contribution in [1.82, 2.24) is 30.5 Å². The van der Waals surface area contributed by atoms with Crippen LogP contribution in [0.4, 0.5) is 9.59 Å². The van der Waals surface area contributed by atoms with Crippen molar-refractivity contribution in [1.29, 1.82) is 0 Å². The number of ether oxygens (including phenoxy) is 1. The number of carbonyl (C=O) groups excluding carboxylic acids is 2. The van der Waals surface area contributed by atoms with Gasteiger partial charge in [0.2, 0.25) is 11.8 Å². The van der Waals surface area contributed by atoms with Crippen molar-refractivity contribution in [2.24, 2.45) is 5.92 Å². The van der Waals surface area contributed by atoms with Crippen LogP contribution < -0.4 is 5.32 Å². The monoisotopic (exact) mass is 712 g/mol. The number of nitrogens with zero attached hydrogens (tertiary/aromatic N) is 5. The van der Waals surface area contributed by atoms with Gasteiger partial charge in [0.1, 0.15) is 11.6 Å². The first-order chi connectivity index (χ1) is 23.2. The van der Waals surface area contributed by atoms with Crippen LogP contribution in [0.3, 0.4) is 0 Å². The first-order valence-corrected chi connectivity index (χ1v) is 19.9. The van der Waals surface area contributed by atoms with Gasteiger partial charge in [-0.2, -0.15) is 22.8 Å². The zero-order chi connectivity index (χ0) is 35.8. The average Bonchev–Trinajstić information content (AvgIpc) is 3.57. The van der Waals surface area contributed by atoms with Gasteiger partial charge in [-0.25, -0.2) is 9.59 Å². The number of amides is 3. The molecule has 3 aliphatic rings. The molecule has 1 N–H and O–H groups in total. The fourth-order valence-corrected chi connectivity index (χ4v) is 8.18. The zero-order valence-corrected chi connectivity index (χ0v) is 31.6. The number of hydrogen-bond acceptors (Lipinski definition) is 11. The summed E-state index contributed by atoms with van der Waals surface area (Å²) in [6, 6.07) is -1.45. The summed E-state index contributed by atoms with van der Waals surface area (Å²) in [6.45, 7) is 14.7. The Kier molecular flexibility index (Phi) is 13.8. The maximum atomic E-state index is 13.6. The molecule has 4 rings (SSSR count). The Hall–Kier alpha value is -2.49. The van der Waals surface area contributed by atoms with E-state index in [1.165, 1.54) is 0 Å². The minimum Gasteiger partial charge on any atom is -0.444 e. The van der Waals surface area contributed by atoms with Crippen LogP contribution in [-0.4, -0.2) is 82.1 Å². The summed E-state index contributed by atoms with van der Waals surface area (Å²) in [6.07, 6.45) is 11.7. The number of hydrogen-bond donors (Lipinski definition) is 1. The molecular formula is C34H60N6O8S. The second-order valence-electron chi connectivity index (χ2n) is 15.1. The number of piperidine rings is 1. The highest BCUT2D eigenvalue weighted by Gasteiger charge is 2.50. The molecule has 3 heterocycles. The molecule has 2 atom stereocenters. The molecule has 3 fully saturated rings. The minimum atomic E-state index is -4.61. The van der Waals surface area contributed by atoms with Gasteiger partial charge in [0.15, 0.2) is 0 Å². The standard InChI is InChI=1S/C34H60N6O8S/c1-8-12-18-34(17-11-4,19-13-9-2)39(20-14-10-3)47-49(43,44)48-40-27-15-16-28(38(24-27)32(40)42)30-37-36-29(45-30)23-25-21-26(22-25)35-31(41)46-33(5,6)7/h25-28H,8-24H2,1-7H3,(H,35,41)/t25?,26?,27-,28-/m0/s1. The number of fused-ring (bicyclic) bond motifs is 2. The number of aromatic nitrogens is 2. The van der Waals surface area contributed by atoms with E-state index in [9.17, 15) is 18.0 Å². The van der Waals surface area contributed by atoms with E-state index in [4.69, 9.17) is 17.7 Å². The summed E-state index contributed by atoms with van der Waals surface area (Å²) in [5.74, 6) is 1.08. The minimum absolute atomic E-state index is 0.0421. The van der Waals surface area contributed by atoms with Gasteiger partial charge in [-0.1, -0.05) is 66.2 Å². The molecule has 2 aliphatic heterocycles. The van der Waals surface area contributed by atoms with Crippen molar-refractivity contribution < 1.29 is 35.7 Å². The first kappa shape index (κ1) is 39.3. The molecule has 15 heteroatoms. The molecular weight excluding hydrogens is 652 g/mol. The van der Waals surface area contributed by atoms with E-state index in [1.807, 2.05) is 20.8 Å². The molecule has 1 saturated carbocycles. The summed E-state index contributed by atoms with van der Waals surface area (Å²) < 4.78 is 49.8. The predicted molar refractivity (Wildman–Crippen MR) is 183 cm³/mol. The lowest BCUT2D eigenvalue weighted by molar-refractivity contribution is -0.172. The number of carbonyl (C=O) groups is 2. The van der Waals surface area contributed by atoms with Crippen molar-refractivity contribution in [3.8, 4) is 0 Å². The largest absolute Gasteiger partial charge is 0.444 e. The molecule has 280 valence electrons. The summed E-state index contributed by atoms with van der Waals surface area (Å²) in [7, 11) is -4.61. The Labute approximate surface area is 293 Å². The topological polar surface area (TPSA) is 157 Å². The third-order valence-electron chi connectivity index (χ3n) is 9.81. The molecule has 14 nitrogen and oxygen atoms in total. The number of unbranched alkanes of at least 4 members (excludes halogenated alkanes) is 3. The van der Waals surface area contributed by atoms with Crippen LogP contribution >= 0.6 is 0 Å². The normalized spacial score (nSPS) is 22.9. The fourth-order valence-electron chi connectivity index (χ4n) is 7.32. The SMILES string of the molecule is CCCCN(OS(=O)(=O)ON1C(=O)N2C[C@@H]1CC[C@H]2c1nnc(CC2CC(NC(=O)OC(C)(C)C)C2)o1)C(CCC)(CCCC)CCCC. The van der Waals surface area contributed by atoms with Crippen LogP contribution in [-0.2, 0) is 30.1 Å². The molecule has 49 heavy (non-hydrogen) atoms. The number of hydroxylamine groups is 4. The van der Waals surface area contributed by atoms with E-state index in [2.05, 4.69) is 43.2 Å². The highest BCUT2D eigenvalue weighted by molar-refractivity contribution is 7.81. The first-order valence-electron chi connectivity index (χ1n) is 18.6. The van der Waals surface area contributed by atoms with E-state index in [0.29, 0.717) is 37.6 Å². The Balaban J connectivity index is 1.37. The number of nitrogens with one attached hydrogen (secondary N) is 1. The Morgan fingerprint density at radius 1 is 0.980 bits per heavy atom. The van der Waals surface area contributed by atoms with Crippen LogP contribution in [0.2, 0.25) is 0 Å². The summed E-state index contributed by atoms with van der Waals surface area (Å²) in [5, 5.41) is 14.0. The van der Waals surface area contributed by atoms with Crippen LogP contribution in [0.15, 0.2) is 4.42 Å². The van der Waals surface area contributed by atoms with Gasteiger partial charge in [-0.15, -0.1) is 14.5 Å². The van der Waals surface area contributed by atoms with Crippen molar-refractivity contribution in [3.63, 3.8) is 0 Å². The third-order valence-corrected chi connectivity index (χ3v) is 10.5. The predicted octanol–water partition coefficient (Wildman–Crippen LogP) is 6.99. The van der Waals surface area contributed by atoms with Crippen LogP contribution in [0.5, 0.6) is 0 Å². The molecule has 0 aromatic carbocycles. The van der Waals surface area contributed by atoms with Gasteiger partial charge in [0, 0.05) is 31.1 Å². The Bertz CT molecular complexity index is 1320. The van der Waals surface area contributed by atoms with Gasteiger partial charge in [-0.05, 0) is 78.1 Å². The summed E-state index contributed by atoms with van der Waals surface area (Å²) >= 11 is 0. The van der Waals surface area contributed by atoms with Gasteiger partial charge >= 0.3 is 22.5 Å². The second kappa shape index (κ2) is 17.1. The van der Waals surface area contributed by atoms with Crippen molar-refractivity contribution >= 4 is 22.5 Å². The van der Waals surface area contributed by atoms with Crippen molar-refractivity contribution in [2.45, 2.75) is 174 Å².